The summed E-state index contributed by atoms with van der Waals surface area (Å²) in [6, 6.07) is 13.0. The van der Waals surface area contributed by atoms with Crippen molar-refractivity contribution >= 4 is 40.4 Å². The number of hydrogen-bond donors (Lipinski definition) is 2. The number of rotatable bonds is 5. The molecule has 0 amide bonds. The molecule has 0 fully saturated rings. The van der Waals surface area contributed by atoms with E-state index < -0.39 is 0 Å². The summed E-state index contributed by atoms with van der Waals surface area (Å²) in [6.07, 6.45) is 2.33. The number of nitrogens with zero attached hydrogens (tertiary/aromatic N) is 2. The number of nitrogen functional groups attached to an aromatic ring is 1. The topological polar surface area (TPSA) is 73.1 Å². The first kappa shape index (κ1) is 17.3. The van der Waals surface area contributed by atoms with Crippen LogP contribution in [0.3, 0.4) is 0 Å². The molecule has 0 radical (unpaired) electrons. The van der Waals surface area contributed by atoms with Crippen LogP contribution in [0.15, 0.2) is 48.8 Å². The molecule has 3 aromatic rings. The second kappa shape index (κ2) is 7.59. The van der Waals surface area contributed by atoms with Crippen molar-refractivity contribution in [3.05, 3.63) is 64.4 Å². The number of benzene rings is 2. The molecular formula is C18H16Cl2N4O. The Kier molecular flexibility index (Phi) is 5.26. The molecule has 1 aromatic heterocycles. The Hall–Kier alpha value is -2.50. The molecule has 128 valence electrons. The lowest BCUT2D eigenvalue weighted by Gasteiger charge is -2.13. The summed E-state index contributed by atoms with van der Waals surface area (Å²) in [6.45, 7) is 2.09. The van der Waals surface area contributed by atoms with Crippen LogP contribution in [0.4, 0.5) is 17.2 Å². The van der Waals surface area contributed by atoms with E-state index in [0.29, 0.717) is 27.3 Å². The molecule has 0 spiro atoms. The van der Waals surface area contributed by atoms with Crippen molar-refractivity contribution in [3.8, 4) is 11.6 Å². The second-order valence-corrected chi connectivity index (χ2v) is 6.05. The van der Waals surface area contributed by atoms with Crippen molar-refractivity contribution in [1.29, 1.82) is 0 Å². The highest BCUT2D eigenvalue weighted by atomic mass is 35.5. The Morgan fingerprint density at radius 3 is 2.56 bits per heavy atom. The van der Waals surface area contributed by atoms with E-state index in [1.165, 1.54) is 11.9 Å². The molecule has 0 bridgehead atoms. The van der Waals surface area contributed by atoms with Crippen molar-refractivity contribution in [2.45, 2.75) is 13.3 Å². The Bertz CT molecular complexity index is 885. The number of ether oxygens (including phenoxy) is 1. The minimum absolute atomic E-state index is 0.264. The molecule has 7 heteroatoms. The van der Waals surface area contributed by atoms with E-state index in [0.717, 1.165) is 6.42 Å². The fourth-order valence-electron chi connectivity index (χ4n) is 2.19. The maximum atomic E-state index is 6.18. The summed E-state index contributed by atoms with van der Waals surface area (Å²) in [5.74, 6) is 1.30. The number of anilines is 3. The Balaban J connectivity index is 1.85. The molecule has 1 heterocycles. The average molecular weight is 375 g/mol. The van der Waals surface area contributed by atoms with Crippen LogP contribution < -0.4 is 15.8 Å². The molecule has 0 aliphatic carbocycles. The van der Waals surface area contributed by atoms with Gasteiger partial charge >= 0.3 is 0 Å². The molecule has 0 aliphatic heterocycles. The first-order chi connectivity index (χ1) is 12.1. The van der Waals surface area contributed by atoms with Gasteiger partial charge in [0, 0.05) is 0 Å². The highest BCUT2D eigenvalue weighted by Gasteiger charge is 2.13. The van der Waals surface area contributed by atoms with Crippen LogP contribution in [-0.2, 0) is 6.42 Å². The van der Waals surface area contributed by atoms with Crippen LogP contribution in [0, 0.1) is 0 Å². The number of nitrogens with one attached hydrogen (secondary N) is 1. The molecule has 5 nitrogen and oxygen atoms in total. The monoisotopic (exact) mass is 374 g/mol. The van der Waals surface area contributed by atoms with Gasteiger partial charge in [0.2, 0.25) is 5.88 Å². The Labute approximate surface area is 155 Å². The fourth-order valence-corrected chi connectivity index (χ4v) is 2.54. The third kappa shape index (κ3) is 3.95. The van der Waals surface area contributed by atoms with E-state index in [1.807, 2.05) is 24.3 Å². The molecule has 3 rings (SSSR count). The number of halogens is 2. The molecule has 2 aromatic carbocycles. The molecule has 0 atom stereocenters. The van der Waals surface area contributed by atoms with Gasteiger partial charge in [-0.1, -0.05) is 48.3 Å². The summed E-state index contributed by atoms with van der Waals surface area (Å²) in [4.78, 5) is 8.25. The quantitative estimate of drug-likeness (QED) is 0.619. The number of hydrogen-bond acceptors (Lipinski definition) is 5. The minimum Gasteiger partial charge on any atom is -0.437 e. The van der Waals surface area contributed by atoms with Crippen molar-refractivity contribution in [2.24, 2.45) is 0 Å². The van der Waals surface area contributed by atoms with E-state index in [4.69, 9.17) is 33.7 Å². The van der Waals surface area contributed by atoms with Gasteiger partial charge in [0.05, 0.1) is 15.7 Å². The third-order valence-electron chi connectivity index (χ3n) is 3.60. The zero-order valence-electron chi connectivity index (χ0n) is 13.5. The van der Waals surface area contributed by atoms with Gasteiger partial charge in [0.1, 0.15) is 17.8 Å². The average Bonchev–Trinajstić information content (AvgIpc) is 2.63. The lowest BCUT2D eigenvalue weighted by molar-refractivity contribution is 0.464. The van der Waals surface area contributed by atoms with Gasteiger partial charge in [-0.25, -0.2) is 4.98 Å². The first-order valence-electron chi connectivity index (χ1n) is 7.66. The van der Waals surface area contributed by atoms with Gasteiger partial charge in [-0.15, -0.1) is 0 Å². The van der Waals surface area contributed by atoms with Crippen LogP contribution in [0.2, 0.25) is 10.0 Å². The van der Waals surface area contributed by atoms with Crippen LogP contribution in [-0.4, -0.2) is 9.97 Å². The maximum Gasteiger partial charge on any atom is 0.248 e. The number of aromatic nitrogens is 2. The molecular weight excluding hydrogens is 359 g/mol. The lowest BCUT2D eigenvalue weighted by Crippen LogP contribution is -2.03. The van der Waals surface area contributed by atoms with E-state index in [2.05, 4.69) is 22.2 Å². The van der Waals surface area contributed by atoms with Crippen LogP contribution >= 0.6 is 23.2 Å². The van der Waals surface area contributed by atoms with Crippen molar-refractivity contribution in [2.75, 3.05) is 11.1 Å². The summed E-state index contributed by atoms with van der Waals surface area (Å²) < 4.78 is 5.77. The summed E-state index contributed by atoms with van der Waals surface area (Å²) in [5.41, 5.74) is 8.23. The van der Waals surface area contributed by atoms with E-state index >= 15 is 0 Å². The van der Waals surface area contributed by atoms with Crippen molar-refractivity contribution < 1.29 is 4.74 Å². The summed E-state index contributed by atoms with van der Waals surface area (Å²) in [5, 5.41) is 3.88. The van der Waals surface area contributed by atoms with Crippen molar-refractivity contribution in [3.63, 3.8) is 0 Å². The predicted molar refractivity (Wildman–Crippen MR) is 102 cm³/mol. The molecule has 3 N–H and O–H groups in total. The van der Waals surface area contributed by atoms with Gasteiger partial charge in [-0.3, -0.25) is 0 Å². The van der Waals surface area contributed by atoms with Crippen LogP contribution in [0.5, 0.6) is 11.6 Å². The largest absolute Gasteiger partial charge is 0.437 e. The third-order valence-corrected chi connectivity index (χ3v) is 4.42. The number of nitrogens with two attached hydrogens (primary N) is 1. The zero-order chi connectivity index (χ0) is 17.8. The van der Waals surface area contributed by atoms with E-state index in [-0.39, 0.29) is 11.6 Å². The second-order valence-electron chi connectivity index (χ2n) is 5.27. The molecule has 0 aliphatic rings. The highest BCUT2D eigenvalue weighted by molar-refractivity contribution is 6.43. The predicted octanol–water partition coefficient (Wildman–Crippen LogP) is 5.46. The lowest BCUT2D eigenvalue weighted by atomic mass is 10.2. The summed E-state index contributed by atoms with van der Waals surface area (Å²) in [7, 11) is 0. The molecule has 25 heavy (non-hydrogen) atoms. The normalized spacial score (nSPS) is 10.5. The van der Waals surface area contributed by atoms with Gasteiger partial charge in [0.15, 0.2) is 5.82 Å². The van der Waals surface area contributed by atoms with Gasteiger partial charge in [-0.2, -0.15) is 4.98 Å². The molecule has 0 unspecified atom stereocenters. The smallest absolute Gasteiger partial charge is 0.248 e. The standard InChI is InChI=1S/C18H16Cl2N4O/c1-2-11-6-8-12(9-7-11)25-18-16(21)17(22-10-23-18)24-14-5-3-4-13(19)15(14)20/h3-10H,2,21H2,1H3,(H,22,23,24). The zero-order valence-corrected chi connectivity index (χ0v) is 15.0. The molecule has 0 saturated heterocycles. The minimum atomic E-state index is 0.264. The maximum absolute atomic E-state index is 6.18. The first-order valence-corrected chi connectivity index (χ1v) is 8.42. The van der Waals surface area contributed by atoms with Crippen LogP contribution in [0.25, 0.3) is 0 Å². The number of aryl methyl sites for hydroxylation is 1. The fraction of sp³-hybridized carbons (Fsp3) is 0.111. The Morgan fingerprint density at radius 1 is 1.08 bits per heavy atom. The van der Waals surface area contributed by atoms with Gasteiger partial charge < -0.3 is 15.8 Å². The molecule has 0 saturated carbocycles. The van der Waals surface area contributed by atoms with Gasteiger partial charge in [-0.05, 0) is 36.2 Å². The highest BCUT2D eigenvalue weighted by Crippen LogP contribution is 2.35. The SMILES string of the molecule is CCc1ccc(Oc2ncnc(Nc3cccc(Cl)c3Cl)c2N)cc1. The van der Waals surface area contributed by atoms with Crippen molar-refractivity contribution in [1.82, 2.24) is 9.97 Å². The van der Waals surface area contributed by atoms with Crippen LogP contribution in [0.1, 0.15) is 12.5 Å². The van der Waals surface area contributed by atoms with E-state index in [9.17, 15) is 0 Å². The van der Waals surface area contributed by atoms with Gasteiger partial charge in [0.25, 0.3) is 0 Å². The van der Waals surface area contributed by atoms with E-state index in [1.54, 1.807) is 18.2 Å². The summed E-state index contributed by atoms with van der Waals surface area (Å²) >= 11 is 12.2. The Morgan fingerprint density at radius 2 is 1.84 bits per heavy atom.